The van der Waals surface area contributed by atoms with Crippen LogP contribution in [-0.2, 0) is 14.8 Å². The van der Waals surface area contributed by atoms with Crippen LogP contribution in [0.3, 0.4) is 0 Å². The molecule has 9 heteroatoms. The third kappa shape index (κ3) is 8.89. The molecule has 1 saturated heterocycles. The highest BCUT2D eigenvalue weighted by molar-refractivity contribution is 7.90. The quantitative estimate of drug-likeness (QED) is 0.169. The molecule has 0 aromatic rings. The van der Waals surface area contributed by atoms with Gasteiger partial charge in [-0.25, -0.2) is 12.7 Å². The Kier molecular flexibility index (Phi) is 12.6. The number of rotatable bonds is 14. The lowest BCUT2D eigenvalue weighted by molar-refractivity contribution is -0.161. The van der Waals surface area contributed by atoms with Gasteiger partial charge in [-0.05, 0) is 57.6 Å². The molecule has 1 rings (SSSR count). The van der Waals surface area contributed by atoms with Gasteiger partial charge in [0.25, 0.3) is 0 Å². The average molecular weight is 507 g/mol. The molecule has 1 aliphatic rings. The smallest absolute Gasteiger partial charge is 0.422 e. The zero-order chi connectivity index (χ0) is 25.8. The molecule has 0 N–H and O–H groups in total. The molecule has 0 aliphatic carbocycles. The van der Waals surface area contributed by atoms with E-state index >= 15 is 0 Å². The van der Waals surface area contributed by atoms with Gasteiger partial charge in [0.1, 0.15) is 4.75 Å². The van der Waals surface area contributed by atoms with E-state index in [-0.39, 0.29) is 0 Å². The van der Waals surface area contributed by atoms with Crippen LogP contribution >= 0.6 is 0 Å². The predicted octanol–water partition coefficient (Wildman–Crippen LogP) is 5.83. The Morgan fingerprint density at radius 3 is 2.41 bits per heavy atom. The molecule has 0 saturated carbocycles. The van der Waals surface area contributed by atoms with E-state index in [0.29, 0.717) is 44.8 Å². The van der Waals surface area contributed by atoms with Gasteiger partial charge in [-0.1, -0.05) is 38.2 Å². The second kappa shape index (κ2) is 14.1. The fraction of sp³-hybridized carbons (Fsp3) is 0.680. The molecule has 1 aliphatic heterocycles. The van der Waals surface area contributed by atoms with Crippen molar-refractivity contribution in [1.29, 1.82) is 0 Å². The van der Waals surface area contributed by atoms with Gasteiger partial charge in [-0.3, -0.25) is 0 Å². The Balaban J connectivity index is 2.79. The molecule has 5 nitrogen and oxygen atoms in total. The first-order valence-electron chi connectivity index (χ1n) is 12.0. The molecule has 1 unspecified atom stereocenters. The zero-order valence-electron chi connectivity index (χ0n) is 21.0. The number of likely N-dealkylation sites (tertiary alicyclic amines) is 1. The largest absolute Gasteiger partial charge is 0.492 e. The van der Waals surface area contributed by atoms with Crippen molar-refractivity contribution in [3.8, 4) is 0 Å². The normalized spacial score (nSPS) is 19.2. The fourth-order valence-electron chi connectivity index (χ4n) is 4.13. The molecule has 1 heterocycles. The van der Waals surface area contributed by atoms with E-state index in [0.717, 1.165) is 31.3 Å². The zero-order valence-corrected chi connectivity index (χ0v) is 21.8. The lowest BCUT2D eigenvalue weighted by Gasteiger charge is -2.43. The van der Waals surface area contributed by atoms with Crippen molar-refractivity contribution in [2.24, 2.45) is 0 Å². The number of allylic oxidation sites excluding steroid dienone is 5. The molecule has 0 spiro atoms. The standard InChI is InChI=1S/C25H41F3N2O3S/c1-6-12-23(14-11-20-33-21-25(26,27)28)13-10-17-30(9-4)34(31,32)24(8-3)15-18-29(19-16-24)22(5)7-2/h6,8,11-12,14,20,22H,3,7,9-10,13,15-19,21H2,1-2,4-5H3/b12-6-,20-11+,23-14+. The Morgan fingerprint density at radius 2 is 1.91 bits per heavy atom. The summed E-state index contributed by atoms with van der Waals surface area (Å²) in [6.45, 7) is 12.8. The monoisotopic (exact) mass is 506 g/mol. The Bertz CT molecular complexity index is 812. The number of nitrogens with zero attached hydrogens (tertiary/aromatic N) is 2. The molecular formula is C25H41F3N2O3S. The molecule has 1 atom stereocenters. The Labute approximate surface area is 204 Å². The number of alkyl halides is 3. The van der Waals surface area contributed by atoms with Crippen molar-refractivity contribution >= 4 is 10.0 Å². The lowest BCUT2D eigenvalue weighted by atomic mass is 9.94. The van der Waals surface area contributed by atoms with Crippen LogP contribution in [0.15, 0.2) is 48.8 Å². The minimum atomic E-state index is -4.37. The molecular weight excluding hydrogens is 465 g/mol. The van der Waals surface area contributed by atoms with E-state index in [2.05, 4.69) is 30.1 Å². The van der Waals surface area contributed by atoms with Crippen LogP contribution in [0.1, 0.15) is 59.8 Å². The highest BCUT2D eigenvalue weighted by Gasteiger charge is 2.46. The van der Waals surface area contributed by atoms with Gasteiger partial charge < -0.3 is 9.64 Å². The van der Waals surface area contributed by atoms with Crippen molar-refractivity contribution in [3.05, 3.63) is 48.8 Å². The topological polar surface area (TPSA) is 49.9 Å². The lowest BCUT2D eigenvalue weighted by Crippen LogP contribution is -2.54. The highest BCUT2D eigenvalue weighted by Crippen LogP contribution is 2.35. The van der Waals surface area contributed by atoms with Crippen LogP contribution in [-0.4, -0.2) is 67.4 Å². The summed E-state index contributed by atoms with van der Waals surface area (Å²) in [5, 5.41) is 0. The Hall–Kier alpha value is -1.58. The first-order valence-corrected chi connectivity index (χ1v) is 13.4. The first kappa shape index (κ1) is 30.5. The summed E-state index contributed by atoms with van der Waals surface area (Å²) < 4.78 is 68.8. The first-order chi connectivity index (χ1) is 16.0. The summed E-state index contributed by atoms with van der Waals surface area (Å²) in [6.07, 6.45) is 8.33. The van der Waals surface area contributed by atoms with Gasteiger partial charge in [0.2, 0.25) is 10.0 Å². The van der Waals surface area contributed by atoms with Crippen LogP contribution < -0.4 is 0 Å². The second-order valence-electron chi connectivity index (χ2n) is 8.66. The SMILES string of the molecule is C=CC1(S(=O)(=O)N(CC)CCCC(/C=C\C)=C/C=C/OCC(F)(F)F)CCN(C(C)CC)CC1. The molecule has 0 radical (unpaired) electrons. The van der Waals surface area contributed by atoms with Gasteiger partial charge in [-0.2, -0.15) is 13.2 Å². The molecule has 0 aromatic heterocycles. The fourth-order valence-corrected chi connectivity index (χ4v) is 6.26. The number of piperidine rings is 1. The summed E-state index contributed by atoms with van der Waals surface area (Å²) in [5.41, 5.74) is 0.878. The predicted molar refractivity (Wildman–Crippen MR) is 133 cm³/mol. The maximum absolute atomic E-state index is 13.6. The van der Waals surface area contributed by atoms with Crippen molar-refractivity contribution in [2.75, 3.05) is 32.8 Å². The van der Waals surface area contributed by atoms with E-state index < -0.39 is 27.6 Å². The average Bonchev–Trinajstić information content (AvgIpc) is 2.79. The third-order valence-electron chi connectivity index (χ3n) is 6.42. The van der Waals surface area contributed by atoms with E-state index in [1.165, 1.54) is 6.08 Å². The minimum absolute atomic E-state index is 0.368. The van der Waals surface area contributed by atoms with Crippen molar-refractivity contribution in [1.82, 2.24) is 9.21 Å². The molecule has 0 bridgehead atoms. The van der Waals surface area contributed by atoms with Crippen molar-refractivity contribution < 1.29 is 26.3 Å². The van der Waals surface area contributed by atoms with E-state index in [9.17, 15) is 21.6 Å². The molecule has 34 heavy (non-hydrogen) atoms. The second-order valence-corrected chi connectivity index (χ2v) is 10.9. The number of ether oxygens (including phenoxy) is 1. The van der Waals surface area contributed by atoms with Gasteiger partial charge in [0, 0.05) is 32.2 Å². The van der Waals surface area contributed by atoms with E-state index in [1.54, 1.807) is 16.5 Å². The number of halogens is 3. The summed E-state index contributed by atoms with van der Waals surface area (Å²) in [6, 6.07) is 0.428. The highest BCUT2D eigenvalue weighted by atomic mass is 32.2. The van der Waals surface area contributed by atoms with Gasteiger partial charge >= 0.3 is 6.18 Å². The summed E-state index contributed by atoms with van der Waals surface area (Å²) in [7, 11) is -3.58. The van der Waals surface area contributed by atoms with Crippen LogP contribution in [0.2, 0.25) is 0 Å². The number of sulfonamides is 1. The van der Waals surface area contributed by atoms with Gasteiger partial charge in [0.05, 0.1) is 6.26 Å². The third-order valence-corrected chi connectivity index (χ3v) is 9.15. The summed E-state index contributed by atoms with van der Waals surface area (Å²) in [4.78, 5) is 2.34. The maximum Gasteiger partial charge on any atom is 0.422 e. The summed E-state index contributed by atoms with van der Waals surface area (Å²) in [5.74, 6) is 0. The van der Waals surface area contributed by atoms with Crippen LogP contribution in [0.4, 0.5) is 13.2 Å². The summed E-state index contributed by atoms with van der Waals surface area (Å²) >= 11 is 0. The molecule has 0 aromatic carbocycles. The van der Waals surface area contributed by atoms with E-state index in [1.807, 2.05) is 26.0 Å². The molecule has 0 amide bonds. The van der Waals surface area contributed by atoms with Gasteiger partial charge in [0.15, 0.2) is 6.61 Å². The van der Waals surface area contributed by atoms with Crippen LogP contribution in [0, 0.1) is 0 Å². The van der Waals surface area contributed by atoms with E-state index in [4.69, 9.17) is 0 Å². The van der Waals surface area contributed by atoms with Crippen molar-refractivity contribution in [3.63, 3.8) is 0 Å². The number of hydrogen-bond donors (Lipinski definition) is 0. The molecule has 196 valence electrons. The van der Waals surface area contributed by atoms with Crippen molar-refractivity contribution in [2.45, 2.75) is 76.8 Å². The van der Waals surface area contributed by atoms with Gasteiger partial charge in [-0.15, -0.1) is 6.58 Å². The number of hydrogen-bond acceptors (Lipinski definition) is 4. The van der Waals surface area contributed by atoms with Crippen LogP contribution in [0.5, 0.6) is 0 Å². The van der Waals surface area contributed by atoms with Crippen LogP contribution in [0.25, 0.3) is 0 Å². The minimum Gasteiger partial charge on any atom is -0.492 e. The maximum atomic E-state index is 13.6. The molecule has 1 fully saturated rings. The Morgan fingerprint density at radius 1 is 1.26 bits per heavy atom.